The number of methoxy groups -OCH3 is 2. The Bertz CT molecular complexity index is 806. The highest BCUT2D eigenvalue weighted by molar-refractivity contribution is 5.41. The van der Waals surface area contributed by atoms with Crippen molar-refractivity contribution >= 4 is 0 Å². The maximum atomic E-state index is 5.61. The molecule has 1 aliphatic rings. The Morgan fingerprint density at radius 3 is 2.45 bits per heavy atom. The maximum Gasteiger partial charge on any atom is 0.257 e. The molecular formula is C24H35N3O2. The van der Waals surface area contributed by atoms with Crippen molar-refractivity contribution in [2.24, 2.45) is 0 Å². The predicted molar refractivity (Wildman–Crippen MR) is 118 cm³/mol. The van der Waals surface area contributed by atoms with E-state index in [1.54, 1.807) is 20.4 Å². The number of nitrogens with zero attached hydrogens (tertiary/aromatic N) is 3. The average Bonchev–Trinajstić information content (AvgIpc) is 2.73. The molecule has 0 spiro atoms. The van der Waals surface area contributed by atoms with Crippen LogP contribution in [0.3, 0.4) is 0 Å². The number of rotatable bonds is 7. The van der Waals surface area contributed by atoms with Gasteiger partial charge < -0.3 is 9.47 Å². The molecule has 0 aliphatic carbocycles. The lowest BCUT2D eigenvalue weighted by Gasteiger charge is -2.44. The topological polar surface area (TPSA) is 37.8 Å². The second-order valence-corrected chi connectivity index (χ2v) is 8.38. The number of pyridine rings is 1. The van der Waals surface area contributed by atoms with Crippen molar-refractivity contribution in [2.75, 3.05) is 33.9 Å². The fourth-order valence-electron chi connectivity index (χ4n) is 4.43. The quantitative estimate of drug-likeness (QED) is 0.688. The first-order chi connectivity index (χ1) is 14.0. The van der Waals surface area contributed by atoms with E-state index in [0.29, 0.717) is 23.9 Å². The molecule has 1 aliphatic heterocycles. The summed E-state index contributed by atoms with van der Waals surface area (Å²) >= 11 is 0. The highest BCUT2D eigenvalue weighted by Crippen LogP contribution is 2.35. The van der Waals surface area contributed by atoms with Crippen LogP contribution in [0, 0.1) is 0 Å². The zero-order valence-corrected chi connectivity index (χ0v) is 18.7. The van der Waals surface area contributed by atoms with Crippen molar-refractivity contribution in [3.8, 4) is 11.6 Å². The zero-order valence-electron chi connectivity index (χ0n) is 18.7. The Morgan fingerprint density at radius 1 is 1.03 bits per heavy atom. The van der Waals surface area contributed by atoms with E-state index in [2.05, 4.69) is 66.7 Å². The smallest absolute Gasteiger partial charge is 0.257 e. The van der Waals surface area contributed by atoms with E-state index < -0.39 is 0 Å². The van der Waals surface area contributed by atoms with E-state index in [1.165, 1.54) is 11.1 Å². The summed E-state index contributed by atoms with van der Waals surface area (Å²) in [6, 6.07) is 11.9. The second-order valence-electron chi connectivity index (χ2n) is 8.38. The van der Waals surface area contributed by atoms with Gasteiger partial charge in [-0.05, 0) is 37.0 Å². The minimum absolute atomic E-state index is 0.386. The fraction of sp³-hybridized carbons (Fsp3) is 0.542. The number of hydrogen-bond donors (Lipinski definition) is 0. The summed E-state index contributed by atoms with van der Waals surface area (Å²) in [6.45, 7) is 13.1. The minimum atomic E-state index is 0.386. The first-order valence-corrected chi connectivity index (χ1v) is 10.6. The lowest BCUT2D eigenvalue weighted by molar-refractivity contribution is 0.0459. The van der Waals surface area contributed by atoms with Gasteiger partial charge in [-0.15, -0.1) is 0 Å². The Balaban J connectivity index is 1.88. The van der Waals surface area contributed by atoms with Gasteiger partial charge in [0.15, 0.2) is 5.75 Å². The third-order valence-corrected chi connectivity index (χ3v) is 5.89. The van der Waals surface area contributed by atoms with Crippen molar-refractivity contribution in [1.82, 2.24) is 14.8 Å². The minimum Gasteiger partial charge on any atom is -0.491 e. The third kappa shape index (κ3) is 4.73. The van der Waals surface area contributed by atoms with Crippen LogP contribution in [0.2, 0.25) is 0 Å². The van der Waals surface area contributed by atoms with Gasteiger partial charge in [-0.3, -0.25) is 9.80 Å². The summed E-state index contributed by atoms with van der Waals surface area (Å²) in [7, 11) is 3.32. The van der Waals surface area contributed by atoms with E-state index in [1.807, 2.05) is 6.07 Å². The molecule has 0 amide bonds. The lowest BCUT2D eigenvalue weighted by atomic mass is 9.90. The normalized spacial score (nSPS) is 18.4. The Kier molecular flexibility index (Phi) is 7.14. The maximum absolute atomic E-state index is 5.61. The molecule has 0 saturated carbocycles. The van der Waals surface area contributed by atoms with Crippen LogP contribution in [0.1, 0.15) is 56.3 Å². The molecule has 0 N–H and O–H groups in total. The first-order valence-electron chi connectivity index (χ1n) is 10.6. The number of hydrogen-bond acceptors (Lipinski definition) is 5. The van der Waals surface area contributed by atoms with E-state index in [0.717, 1.165) is 37.5 Å². The molecular weight excluding hydrogens is 362 g/mol. The van der Waals surface area contributed by atoms with Crippen LogP contribution in [0.5, 0.6) is 11.6 Å². The summed E-state index contributed by atoms with van der Waals surface area (Å²) < 4.78 is 11.0. The number of ether oxygens (including phenoxy) is 2. The molecule has 5 nitrogen and oxygen atoms in total. The van der Waals surface area contributed by atoms with Gasteiger partial charge in [-0.25, -0.2) is 4.98 Å². The van der Waals surface area contributed by atoms with Crippen LogP contribution < -0.4 is 9.47 Å². The summed E-state index contributed by atoms with van der Waals surface area (Å²) in [4.78, 5) is 9.44. The molecule has 1 aromatic carbocycles. The van der Waals surface area contributed by atoms with Gasteiger partial charge in [-0.2, -0.15) is 0 Å². The van der Waals surface area contributed by atoms with Gasteiger partial charge in [-0.1, -0.05) is 38.1 Å². The van der Waals surface area contributed by atoms with Crippen molar-refractivity contribution in [3.63, 3.8) is 0 Å². The summed E-state index contributed by atoms with van der Waals surface area (Å²) in [5, 5.41) is 0. The molecule has 2 aromatic rings. The van der Waals surface area contributed by atoms with Gasteiger partial charge in [0.1, 0.15) is 0 Å². The Hall–Kier alpha value is -2.11. The third-order valence-electron chi connectivity index (χ3n) is 5.89. The molecule has 29 heavy (non-hydrogen) atoms. The van der Waals surface area contributed by atoms with Gasteiger partial charge in [0.05, 0.1) is 14.2 Å². The molecule has 0 radical (unpaired) electrons. The van der Waals surface area contributed by atoms with Crippen LogP contribution in [0.25, 0.3) is 0 Å². The zero-order chi connectivity index (χ0) is 21.0. The van der Waals surface area contributed by atoms with E-state index in [4.69, 9.17) is 9.47 Å². The highest BCUT2D eigenvalue weighted by atomic mass is 16.5. The molecule has 1 saturated heterocycles. The number of aromatic nitrogens is 1. The van der Waals surface area contributed by atoms with Crippen molar-refractivity contribution in [1.29, 1.82) is 0 Å². The van der Waals surface area contributed by atoms with Crippen LogP contribution in [-0.2, 0) is 6.54 Å². The molecule has 1 aromatic heterocycles. The Labute approximate surface area is 175 Å². The van der Waals surface area contributed by atoms with Gasteiger partial charge in [0.25, 0.3) is 5.88 Å². The van der Waals surface area contributed by atoms with Crippen LogP contribution >= 0.6 is 0 Å². The highest BCUT2D eigenvalue weighted by Gasteiger charge is 2.32. The summed E-state index contributed by atoms with van der Waals surface area (Å²) in [5.74, 6) is 1.80. The van der Waals surface area contributed by atoms with E-state index in [-0.39, 0.29) is 0 Å². The standard InChI is InChI=1S/C24H35N3O2/c1-17(2)20-9-7-8-10-21(20)22-16-26(13-14-27(22)18(3)4)15-19-11-12-25-24(29-6)23(19)28-5/h7-12,17-18,22H,13-16H2,1-6H3. The molecule has 1 unspecified atom stereocenters. The van der Waals surface area contributed by atoms with Gasteiger partial charge >= 0.3 is 0 Å². The number of piperazine rings is 1. The molecule has 1 fully saturated rings. The van der Waals surface area contributed by atoms with Crippen LogP contribution in [0.15, 0.2) is 36.5 Å². The fourth-order valence-corrected chi connectivity index (χ4v) is 4.43. The van der Waals surface area contributed by atoms with Crippen LogP contribution in [-0.4, -0.2) is 54.7 Å². The molecule has 1 atom stereocenters. The van der Waals surface area contributed by atoms with Crippen molar-refractivity contribution < 1.29 is 9.47 Å². The average molecular weight is 398 g/mol. The molecule has 5 heteroatoms. The van der Waals surface area contributed by atoms with Crippen molar-refractivity contribution in [2.45, 2.75) is 52.2 Å². The molecule has 0 bridgehead atoms. The number of benzene rings is 1. The predicted octanol–water partition coefficient (Wildman–Crippen LogP) is 4.49. The lowest BCUT2D eigenvalue weighted by Crippen LogP contribution is -2.50. The van der Waals surface area contributed by atoms with E-state index in [9.17, 15) is 0 Å². The summed E-state index contributed by atoms with van der Waals surface area (Å²) in [5.41, 5.74) is 4.03. The second kappa shape index (κ2) is 9.59. The van der Waals surface area contributed by atoms with Gasteiger partial charge in [0, 0.05) is 50.0 Å². The molecule has 158 valence electrons. The first kappa shape index (κ1) is 21.6. The van der Waals surface area contributed by atoms with Crippen LogP contribution in [0.4, 0.5) is 0 Å². The molecule has 3 rings (SSSR count). The van der Waals surface area contributed by atoms with Crippen molar-refractivity contribution in [3.05, 3.63) is 53.2 Å². The monoisotopic (exact) mass is 397 g/mol. The van der Waals surface area contributed by atoms with Gasteiger partial charge in [0.2, 0.25) is 0 Å². The Morgan fingerprint density at radius 2 is 1.79 bits per heavy atom. The van der Waals surface area contributed by atoms with E-state index >= 15 is 0 Å². The molecule has 2 heterocycles. The largest absolute Gasteiger partial charge is 0.491 e. The SMILES string of the molecule is COc1nccc(CN2CCN(C(C)C)C(c3ccccc3C(C)C)C2)c1OC. The summed E-state index contributed by atoms with van der Waals surface area (Å²) in [6.07, 6.45) is 1.80.